The van der Waals surface area contributed by atoms with Gasteiger partial charge >= 0.3 is 0 Å². The normalized spacial score (nSPS) is 18.3. The first-order valence-corrected chi connectivity index (χ1v) is 17.8. The predicted octanol–water partition coefficient (Wildman–Crippen LogP) is 10.7. The lowest BCUT2D eigenvalue weighted by atomic mass is 9.86. The van der Waals surface area contributed by atoms with Crippen molar-refractivity contribution in [3.05, 3.63) is 174 Å². The standard InChI is InChI=1S/C42H30IN3/c1-42(46-39-18-7-6-15-34(39)35-16-10-24-45-41(35)46)21-19-28(20-22-42)31-26-36(38-17-8-9-23-44-38)43-37(27-31)40-32-13-4-2-11-29(32)25-30-12-3-5-14-33(30)40/h2-21,23-27H,22H2,1H3. The van der Waals surface area contributed by atoms with Gasteiger partial charge in [-0.15, -0.1) is 0 Å². The number of halogens is 1. The molecule has 0 N–H and O–H groups in total. The lowest BCUT2D eigenvalue weighted by Crippen LogP contribution is -2.29. The van der Waals surface area contributed by atoms with Crippen LogP contribution in [0, 0.1) is 0 Å². The second-order valence-electron chi connectivity index (χ2n) is 12.2. The van der Waals surface area contributed by atoms with Crippen molar-refractivity contribution in [2.75, 3.05) is 0 Å². The monoisotopic (exact) mass is 703 g/mol. The first kappa shape index (κ1) is 27.4. The second-order valence-corrected chi connectivity index (χ2v) is 15.1. The molecule has 220 valence electrons. The summed E-state index contributed by atoms with van der Waals surface area (Å²) in [7, 11) is 0. The Hall–Kier alpha value is -4.94. The minimum atomic E-state index is -0.489. The molecule has 4 heterocycles. The third-order valence-electron chi connectivity index (χ3n) is 9.32. The summed E-state index contributed by atoms with van der Waals surface area (Å²) in [5.74, 6) is 0. The van der Waals surface area contributed by atoms with Crippen molar-refractivity contribution in [3.8, 4) is 0 Å². The van der Waals surface area contributed by atoms with Crippen LogP contribution in [0.25, 0.3) is 47.1 Å². The summed E-state index contributed by atoms with van der Waals surface area (Å²) in [6.07, 6.45) is 16.7. The zero-order valence-corrected chi connectivity index (χ0v) is 27.5. The molecule has 9 rings (SSSR count). The van der Waals surface area contributed by atoms with Crippen LogP contribution in [0.1, 0.15) is 24.6 Å². The van der Waals surface area contributed by atoms with Gasteiger partial charge in [0.2, 0.25) is 0 Å². The van der Waals surface area contributed by atoms with E-state index in [-0.39, 0.29) is 5.54 Å². The van der Waals surface area contributed by atoms with Crippen LogP contribution < -0.4 is 0 Å². The van der Waals surface area contributed by atoms with Gasteiger partial charge in [-0.1, -0.05) is 112 Å². The smallest absolute Gasteiger partial charge is 0.141 e. The molecule has 1 aliphatic heterocycles. The van der Waals surface area contributed by atoms with Crippen molar-refractivity contribution in [3.63, 3.8) is 0 Å². The van der Waals surface area contributed by atoms with Gasteiger partial charge in [0.05, 0.1) is 16.7 Å². The maximum atomic E-state index is 4.87. The molecule has 3 nitrogen and oxygen atoms in total. The van der Waals surface area contributed by atoms with Gasteiger partial charge in [0.25, 0.3) is 0 Å². The second kappa shape index (κ2) is 10.8. The number of rotatable bonds is 4. The van der Waals surface area contributed by atoms with E-state index < -0.39 is 20.7 Å². The number of nitrogens with zero attached hydrogens (tertiary/aromatic N) is 3. The molecule has 1 aliphatic carbocycles. The number of benzene rings is 4. The van der Waals surface area contributed by atoms with Gasteiger partial charge in [-0.2, -0.15) is 0 Å². The first-order valence-electron chi connectivity index (χ1n) is 15.7. The summed E-state index contributed by atoms with van der Waals surface area (Å²) in [4.78, 5) is 9.69. The summed E-state index contributed by atoms with van der Waals surface area (Å²) in [6.45, 7) is 2.33. The first-order chi connectivity index (χ1) is 22.7. The fourth-order valence-electron chi connectivity index (χ4n) is 7.08. The molecule has 4 heteroatoms. The molecule has 0 saturated heterocycles. The molecule has 2 aliphatic rings. The summed E-state index contributed by atoms with van der Waals surface area (Å²) < 4.78 is 5.20. The fraction of sp³-hybridized carbons (Fsp3) is 0.0714. The molecular weight excluding hydrogens is 673 g/mol. The van der Waals surface area contributed by atoms with E-state index in [0.29, 0.717) is 0 Å². The van der Waals surface area contributed by atoms with Gasteiger partial charge in [0.15, 0.2) is 0 Å². The molecule has 1 atom stereocenters. The molecule has 3 aromatic heterocycles. The minimum Gasteiger partial charge on any atom is -0.316 e. The largest absolute Gasteiger partial charge is 0.316 e. The maximum Gasteiger partial charge on any atom is 0.141 e. The highest BCUT2D eigenvalue weighted by molar-refractivity contribution is 14.2. The topological polar surface area (TPSA) is 30.7 Å². The highest BCUT2D eigenvalue weighted by Gasteiger charge is 2.30. The Morgan fingerprint density at radius 3 is 2.11 bits per heavy atom. The third-order valence-corrected chi connectivity index (χ3v) is 12.2. The zero-order chi connectivity index (χ0) is 30.7. The summed E-state index contributed by atoms with van der Waals surface area (Å²) in [6, 6.07) is 39.1. The molecule has 0 spiro atoms. The molecule has 7 aromatic rings. The van der Waals surface area contributed by atoms with Crippen LogP contribution in [0.3, 0.4) is 0 Å². The van der Waals surface area contributed by atoms with E-state index in [1.165, 1.54) is 61.6 Å². The highest BCUT2D eigenvalue weighted by Crippen LogP contribution is 2.44. The molecule has 0 amide bonds. The fourth-order valence-corrected chi connectivity index (χ4v) is 10.1. The van der Waals surface area contributed by atoms with E-state index in [9.17, 15) is 0 Å². The van der Waals surface area contributed by atoms with Gasteiger partial charge in [0.1, 0.15) is 5.65 Å². The van der Waals surface area contributed by atoms with Crippen molar-refractivity contribution >= 4 is 71.3 Å². The summed E-state index contributed by atoms with van der Waals surface area (Å²) >= 11 is -0.489. The van der Waals surface area contributed by atoms with E-state index in [1.807, 2.05) is 24.5 Å². The van der Waals surface area contributed by atoms with Crippen LogP contribution in [0.4, 0.5) is 0 Å². The van der Waals surface area contributed by atoms with Crippen molar-refractivity contribution in [1.82, 2.24) is 14.5 Å². The average molecular weight is 704 g/mol. The van der Waals surface area contributed by atoms with E-state index in [0.717, 1.165) is 17.8 Å². The SMILES string of the molecule is CC1(n2c3ccccc3c3cccnc32)C=CC(C2=CC(c3ccccn3)=IC(c3c4ccccc4cc4ccccc34)=C2)=CC1. The third kappa shape index (κ3) is 4.43. The van der Waals surface area contributed by atoms with Crippen molar-refractivity contribution < 1.29 is 0 Å². The van der Waals surface area contributed by atoms with Gasteiger partial charge in [0, 0.05) is 35.8 Å². The van der Waals surface area contributed by atoms with Gasteiger partial charge in [-0.3, -0.25) is 4.98 Å². The molecule has 0 bridgehead atoms. The molecule has 0 saturated carbocycles. The lowest BCUT2D eigenvalue weighted by molar-refractivity contribution is 0.434. The van der Waals surface area contributed by atoms with E-state index in [2.05, 4.69) is 139 Å². The Kier molecular flexibility index (Phi) is 6.46. The van der Waals surface area contributed by atoms with E-state index >= 15 is 0 Å². The molecule has 46 heavy (non-hydrogen) atoms. The number of fused-ring (bicyclic) bond motifs is 5. The summed E-state index contributed by atoms with van der Waals surface area (Å²) in [5, 5.41) is 7.64. The Morgan fingerprint density at radius 2 is 1.37 bits per heavy atom. The van der Waals surface area contributed by atoms with Crippen LogP contribution in [0.5, 0.6) is 0 Å². The summed E-state index contributed by atoms with van der Waals surface area (Å²) in [5.41, 5.74) is 6.95. The molecular formula is C42H30IN3. The van der Waals surface area contributed by atoms with Crippen LogP contribution >= 0.6 is 20.7 Å². The molecule has 0 fully saturated rings. The number of hydrogen-bond acceptors (Lipinski definition) is 2. The van der Waals surface area contributed by atoms with E-state index in [4.69, 9.17) is 9.97 Å². The number of allylic oxidation sites excluding steroid dienone is 7. The average Bonchev–Trinajstić information content (AvgIpc) is 3.46. The number of aromatic nitrogens is 3. The van der Waals surface area contributed by atoms with Crippen molar-refractivity contribution in [1.29, 1.82) is 0 Å². The Balaban J connectivity index is 1.20. The van der Waals surface area contributed by atoms with Gasteiger partial charge in [-0.05, 0) is 94.6 Å². The van der Waals surface area contributed by atoms with Gasteiger partial charge < -0.3 is 4.57 Å². The maximum absolute atomic E-state index is 4.87. The molecule has 4 aromatic carbocycles. The Morgan fingerprint density at radius 1 is 0.674 bits per heavy atom. The molecule has 0 radical (unpaired) electrons. The van der Waals surface area contributed by atoms with Crippen LogP contribution in [-0.4, -0.2) is 18.0 Å². The Labute approximate surface area is 277 Å². The number of hydrogen-bond donors (Lipinski definition) is 0. The van der Waals surface area contributed by atoms with Crippen LogP contribution in [0.15, 0.2) is 163 Å². The van der Waals surface area contributed by atoms with Crippen LogP contribution in [-0.2, 0) is 5.54 Å². The zero-order valence-electron chi connectivity index (χ0n) is 25.4. The predicted molar refractivity (Wildman–Crippen MR) is 203 cm³/mol. The quantitative estimate of drug-likeness (QED) is 0.135. The Bertz CT molecular complexity index is 2400. The van der Waals surface area contributed by atoms with Crippen molar-refractivity contribution in [2.45, 2.75) is 18.9 Å². The van der Waals surface area contributed by atoms with Gasteiger partial charge in [-0.25, -0.2) is 4.98 Å². The van der Waals surface area contributed by atoms with Crippen molar-refractivity contribution in [2.24, 2.45) is 0 Å². The number of para-hydroxylation sites is 1. The highest BCUT2D eigenvalue weighted by atomic mass is 127. The molecule has 1 unspecified atom stereocenters. The van der Waals surface area contributed by atoms with Crippen LogP contribution in [0.2, 0.25) is 0 Å². The minimum absolute atomic E-state index is 0.243. The van der Waals surface area contributed by atoms with E-state index in [1.54, 1.807) is 0 Å². The lowest BCUT2D eigenvalue weighted by Gasteiger charge is -2.32. The number of pyridine rings is 2.